The molecule has 0 bridgehead atoms. The van der Waals surface area contributed by atoms with Crippen molar-refractivity contribution in [2.75, 3.05) is 0 Å². The normalized spacial score (nSPS) is 59.7. The Hall–Kier alpha value is -0.340. The Morgan fingerprint density at radius 1 is 0.667 bits per heavy atom. The molecule has 0 aromatic rings. The van der Waals surface area contributed by atoms with Crippen LogP contribution in [0, 0.1) is 56.2 Å². The number of fused-ring (bicyclic) bond motifs is 7. The van der Waals surface area contributed by atoms with Crippen molar-refractivity contribution in [3.8, 4) is 0 Å². The second-order valence-corrected chi connectivity index (χ2v) is 15.3. The molecule has 11 unspecified atom stereocenters. The van der Waals surface area contributed by atoms with Gasteiger partial charge >= 0.3 is 0 Å². The summed E-state index contributed by atoms with van der Waals surface area (Å²) < 4.78 is 0. The standard InChI is InChI=1S/C31H52O2/c1-19(2)20-12-16-29(7)25(33)18-30(8)23(31(20,29)9)11-10-22-27(5)15-14-24(32)26(3,4)21(27)13-17-28(22,30)6/h20-25,32-33H,1,10-18H2,2-9H3. The second kappa shape index (κ2) is 6.90. The summed E-state index contributed by atoms with van der Waals surface area (Å²) in [4.78, 5) is 0. The molecule has 0 amide bonds. The van der Waals surface area contributed by atoms with Crippen LogP contribution in [0.25, 0.3) is 0 Å². The zero-order chi connectivity index (χ0) is 24.4. The van der Waals surface area contributed by atoms with Crippen molar-refractivity contribution in [1.29, 1.82) is 0 Å². The van der Waals surface area contributed by atoms with E-state index in [1.54, 1.807) is 0 Å². The van der Waals surface area contributed by atoms with Crippen LogP contribution in [-0.2, 0) is 0 Å². The molecule has 5 aliphatic carbocycles. The van der Waals surface area contributed by atoms with E-state index in [2.05, 4.69) is 62.0 Å². The van der Waals surface area contributed by atoms with Crippen molar-refractivity contribution in [2.45, 2.75) is 125 Å². The van der Waals surface area contributed by atoms with Gasteiger partial charge in [-0.25, -0.2) is 0 Å². The van der Waals surface area contributed by atoms with E-state index in [9.17, 15) is 10.2 Å². The molecule has 0 aromatic carbocycles. The van der Waals surface area contributed by atoms with Crippen molar-refractivity contribution in [3.63, 3.8) is 0 Å². The van der Waals surface area contributed by atoms with E-state index in [4.69, 9.17) is 0 Å². The van der Waals surface area contributed by atoms with Gasteiger partial charge in [-0.3, -0.25) is 0 Å². The highest BCUT2D eigenvalue weighted by Crippen LogP contribution is 2.80. The number of hydrogen-bond acceptors (Lipinski definition) is 2. The minimum Gasteiger partial charge on any atom is -0.393 e. The first-order valence-electron chi connectivity index (χ1n) is 14.1. The number of rotatable bonds is 1. The van der Waals surface area contributed by atoms with Gasteiger partial charge in [0.25, 0.3) is 0 Å². The molecule has 2 N–H and O–H groups in total. The minimum atomic E-state index is -0.223. The number of hydrogen-bond donors (Lipinski definition) is 2. The monoisotopic (exact) mass is 456 g/mol. The van der Waals surface area contributed by atoms with Crippen LogP contribution in [0.15, 0.2) is 12.2 Å². The minimum absolute atomic E-state index is 0.000780. The smallest absolute Gasteiger partial charge is 0.0604 e. The summed E-state index contributed by atoms with van der Waals surface area (Å²) in [5.41, 5.74) is 2.15. The highest BCUT2D eigenvalue weighted by molar-refractivity contribution is 5.26. The molecule has 2 heteroatoms. The molecule has 2 nitrogen and oxygen atoms in total. The van der Waals surface area contributed by atoms with E-state index in [0.717, 1.165) is 25.7 Å². The van der Waals surface area contributed by atoms with Crippen LogP contribution in [0.1, 0.15) is 113 Å². The molecule has 0 aromatic heterocycles. The van der Waals surface area contributed by atoms with Crippen molar-refractivity contribution >= 4 is 0 Å². The Morgan fingerprint density at radius 3 is 1.91 bits per heavy atom. The lowest BCUT2D eigenvalue weighted by atomic mass is 9.30. The quantitative estimate of drug-likeness (QED) is 0.404. The van der Waals surface area contributed by atoms with Gasteiger partial charge in [0.2, 0.25) is 0 Å². The topological polar surface area (TPSA) is 40.5 Å². The molecule has 5 rings (SSSR count). The molecule has 0 heterocycles. The van der Waals surface area contributed by atoms with Gasteiger partial charge in [0, 0.05) is 0 Å². The number of allylic oxidation sites excluding steroid dienone is 1. The Labute approximate surface area is 204 Å². The highest BCUT2D eigenvalue weighted by atomic mass is 16.3. The Morgan fingerprint density at radius 2 is 1.27 bits per heavy atom. The van der Waals surface area contributed by atoms with Crippen LogP contribution in [0.4, 0.5) is 0 Å². The van der Waals surface area contributed by atoms with Crippen LogP contribution in [0.3, 0.4) is 0 Å². The van der Waals surface area contributed by atoms with Gasteiger partial charge < -0.3 is 10.2 Å². The third-order valence-corrected chi connectivity index (χ3v) is 14.4. The zero-order valence-electron chi connectivity index (χ0n) is 22.9. The lowest BCUT2D eigenvalue weighted by Crippen LogP contribution is -2.70. The summed E-state index contributed by atoms with van der Waals surface area (Å²) in [6, 6.07) is 0. The fourth-order valence-corrected chi connectivity index (χ4v) is 12.2. The van der Waals surface area contributed by atoms with Gasteiger partial charge in [0.1, 0.15) is 0 Å². The van der Waals surface area contributed by atoms with Crippen LogP contribution >= 0.6 is 0 Å². The average molecular weight is 457 g/mol. The van der Waals surface area contributed by atoms with Crippen LogP contribution in [-0.4, -0.2) is 22.4 Å². The van der Waals surface area contributed by atoms with Crippen molar-refractivity contribution in [3.05, 3.63) is 12.2 Å². The maximum absolute atomic E-state index is 11.9. The van der Waals surface area contributed by atoms with E-state index in [-0.39, 0.29) is 39.3 Å². The summed E-state index contributed by atoms with van der Waals surface area (Å²) in [6.07, 6.45) is 10.1. The molecular formula is C31H52O2. The van der Waals surface area contributed by atoms with Gasteiger partial charge in [0.15, 0.2) is 0 Å². The van der Waals surface area contributed by atoms with E-state index in [1.165, 1.54) is 37.7 Å². The van der Waals surface area contributed by atoms with Gasteiger partial charge in [0.05, 0.1) is 12.2 Å². The average Bonchev–Trinajstić information content (AvgIpc) is 2.99. The van der Waals surface area contributed by atoms with Gasteiger partial charge in [-0.1, -0.05) is 60.6 Å². The molecular weight excluding hydrogens is 404 g/mol. The molecule has 188 valence electrons. The molecule has 11 atom stereocenters. The zero-order valence-corrected chi connectivity index (χ0v) is 22.9. The molecule has 0 aliphatic heterocycles. The van der Waals surface area contributed by atoms with Crippen LogP contribution < -0.4 is 0 Å². The predicted octanol–water partition coefficient (Wildman–Crippen LogP) is 7.39. The molecule has 0 spiro atoms. The lowest BCUT2D eigenvalue weighted by molar-refractivity contribution is -0.281. The first-order chi connectivity index (χ1) is 15.1. The number of aliphatic hydroxyl groups is 2. The first-order valence-corrected chi connectivity index (χ1v) is 14.1. The van der Waals surface area contributed by atoms with Crippen molar-refractivity contribution in [2.24, 2.45) is 56.2 Å². The summed E-state index contributed by atoms with van der Waals surface area (Å²) in [6.45, 7) is 24.2. The highest BCUT2D eigenvalue weighted by Gasteiger charge is 2.75. The lowest BCUT2D eigenvalue weighted by Gasteiger charge is -2.75. The summed E-state index contributed by atoms with van der Waals surface area (Å²) >= 11 is 0. The van der Waals surface area contributed by atoms with E-state index < -0.39 is 0 Å². The van der Waals surface area contributed by atoms with Crippen LogP contribution in [0.5, 0.6) is 0 Å². The molecule has 0 radical (unpaired) electrons. The summed E-state index contributed by atoms with van der Waals surface area (Å²) in [7, 11) is 0. The first kappa shape index (κ1) is 24.4. The third kappa shape index (κ3) is 2.59. The number of aliphatic hydroxyl groups excluding tert-OH is 2. The second-order valence-electron chi connectivity index (χ2n) is 15.3. The Balaban J connectivity index is 1.61. The van der Waals surface area contributed by atoms with E-state index >= 15 is 0 Å². The van der Waals surface area contributed by atoms with E-state index in [1.807, 2.05) is 0 Å². The fraction of sp³-hybridized carbons (Fsp3) is 0.935. The maximum Gasteiger partial charge on any atom is 0.0604 e. The Bertz CT molecular complexity index is 846. The van der Waals surface area contributed by atoms with Gasteiger partial charge in [-0.15, -0.1) is 0 Å². The molecule has 33 heavy (non-hydrogen) atoms. The van der Waals surface area contributed by atoms with Crippen molar-refractivity contribution in [1.82, 2.24) is 0 Å². The summed E-state index contributed by atoms with van der Waals surface area (Å²) in [5.74, 6) is 2.45. The molecule has 5 aliphatic rings. The van der Waals surface area contributed by atoms with Gasteiger partial charge in [-0.2, -0.15) is 0 Å². The Kier molecular flexibility index (Phi) is 5.10. The molecule has 5 fully saturated rings. The van der Waals surface area contributed by atoms with Crippen LogP contribution in [0.2, 0.25) is 0 Å². The molecule has 0 saturated heterocycles. The maximum atomic E-state index is 11.9. The fourth-order valence-electron chi connectivity index (χ4n) is 12.2. The third-order valence-electron chi connectivity index (χ3n) is 14.4. The summed E-state index contributed by atoms with van der Waals surface area (Å²) in [5, 5.41) is 22.8. The van der Waals surface area contributed by atoms with Gasteiger partial charge in [-0.05, 0) is 121 Å². The van der Waals surface area contributed by atoms with Crippen molar-refractivity contribution < 1.29 is 10.2 Å². The largest absolute Gasteiger partial charge is 0.393 e. The predicted molar refractivity (Wildman–Crippen MR) is 137 cm³/mol. The van der Waals surface area contributed by atoms with E-state index in [0.29, 0.717) is 29.1 Å². The molecule has 5 saturated carbocycles. The SMILES string of the molecule is C=C(C)C1CCC2(C)C(O)CC3(C)C(CCC4C5(C)CCC(O)C(C)(C)C5CCC43C)C12C.